The number of nitrogens with one attached hydrogen (secondary N) is 1. The van der Waals surface area contributed by atoms with Gasteiger partial charge in [-0.05, 0) is 40.8 Å². The van der Waals surface area contributed by atoms with E-state index in [9.17, 15) is 18.0 Å². The van der Waals surface area contributed by atoms with Gasteiger partial charge < -0.3 is 10.4 Å². The number of halogens is 1. The predicted molar refractivity (Wildman–Crippen MR) is 77.9 cm³/mol. The summed E-state index contributed by atoms with van der Waals surface area (Å²) in [5.41, 5.74) is -0.0758. The summed E-state index contributed by atoms with van der Waals surface area (Å²) in [5.74, 6) is -1.56. The molecule has 1 aromatic carbocycles. The lowest BCUT2D eigenvalue weighted by molar-refractivity contribution is -0.122. The van der Waals surface area contributed by atoms with Crippen molar-refractivity contribution in [3.05, 3.63) is 27.3 Å². The van der Waals surface area contributed by atoms with Gasteiger partial charge in [0.2, 0.25) is 15.9 Å². The Kier molecular flexibility index (Phi) is 4.30. The van der Waals surface area contributed by atoms with Crippen LogP contribution >= 0.6 is 22.6 Å². The van der Waals surface area contributed by atoms with E-state index in [2.05, 4.69) is 5.32 Å². The second-order valence-corrected chi connectivity index (χ2v) is 7.24. The van der Waals surface area contributed by atoms with E-state index >= 15 is 0 Å². The average Bonchev–Trinajstić information content (AvgIpc) is 2.38. The number of amides is 1. The zero-order valence-electron chi connectivity index (χ0n) is 10.2. The summed E-state index contributed by atoms with van der Waals surface area (Å²) in [6.45, 7) is 0.160. The summed E-state index contributed by atoms with van der Waals surface area (Å²) in [6, 6.07) is 3.89. The third-order valence-electron chi connectivity index (χ3n) is 2.81. The van der Waals surface area contributed by atoms with Gasteiger partial charge in [-0.15, -0.1) is 0 Å². The van der Waals surface area contributed by atoms with Crippen LogP contribution in [0.15, 0.2) is 23.1 Å². The molecular weight excluding hydrogens is 399 g/mol. The zero-order chi connectivity index (χ0) is 14.9. The molecule has 0 atom stereocenters. The topological polar surface area (TPSA) is 104 Å². The SMILES string of the molecule is O=C1CN(S(=O)(=O)c2ccc(I)c(C(=O)O)c2)CCN1. The molecule has 1 amide bonds. The number of carboxylic acids is 1. The van der Waals surface area contributed by atoms with E-state index < -0.39 is 16.0 Å². The minimum atomic E-state index is -3.86. The van der Waals surface area contributed by atoms with Crippen LogP contribution in [0.4, 0.5) is 0 Å². The number of carbonyl (C=O) groups excluding carboxylic acids is 1. The molecule has 0 unspecified atom stereocenters. The highest BCUT2D eigenvalue weighted by Crippen LogP contribution is 2.21. The van der Waals surface area contributed by atoms with Crippen molar-refractivity contribution >= 4 is 44.5 Å². The molecule has 0 radical (unpaired) electrons. The van der Waals surface area contributed by atoms with Crippen molar-refractivity contribution in [1.29, 1.82) is 0 Å². The first-order valence-corrected chi connectivity index (χ1v) is 8.14. The summed E-state index contributed by atoms with van der Waals surface area (Å²) in [7, 11) is -3.86. The lowest BCUT2D eigenvalue weighted by atomic mass is 10.2. The van der Waals surface area contributed by atoms with Crippen molar-refractivity contribution in [1.82, 2.24) is 9.62 Å². The molecule has 1 aromatic rings. The van der Waals surface area contributed by atoms with Gasteiger partial charge in [0.1, 0.15) is 0 Å². The van der Waals surface area contributed by atoms with Crippen molar-refractivity contribution in [2.24, 2.45) is 0 Å². The van der Waals surface area contributed by atoms with Gasteiger partial charge >= 0.3 is 5.97 Å². The maximum Gasteiger partial charge on any atom is 0.336 e. The summed E-state index contributed by atoms with van der Waals surface area (Å²) >= 11 is 1.82. The van der Waals surface area contributed by atoms with E-state index in [1.165, 1.54) is 12.1 Å². The molecule has 0 aromatic heterocycles. The van der Waals surface area contributed by atoms with Crippen LogP contribution in [0.25, 0.3) is 0 Å². The van der Waals surface area contributed by atoms with Crippen LogP contribution < -0.4 is 5.32 Å². The number of hydrogen-bond acceptors (Lipinski definition) is 4. The van der Waals surface area contributed by atoms with Crippen LogP contribution in [0, 0.1) is 3.57 Å². The van der Waals surface area contributed by atoms with E-state index in [0.717, 1.165) is 10.4 Å². The molecule has 1 saturated heterocycles. The first-order valence-electron chi connectivity index (χ1n) is 5.62. The van der Waals surface area contributed by atoms with Gasteiger partial charge in [-0.2, -0.15) is 4.31 Å². The Morgan fingerprint density at radius 3 is 2.70 bits per heavy atom. The third-order valence-corrected chi connectivity index (χ3v) is 5.59. The molecule has 20 heavy (non-hydrogen) atoms. The maximum absolute atomic E-state index is 12.4. The minimum absolute atomic E-state index is 0.0758. The van der Waals surface area contributed by atoms with Gasteiger partial charge in [0.05, 0.1) is 17.0 Å². The van der Waals surface area contributed by atoms with Crippen LogP contribution in [0.5, 0.6) is 0 Å². The number of aromatic carboxylic acids is 1. The van der Waals surface area contributed by atoms with E-state index in [1.54, 1.807) is 0 Å². The third kappa shape index (κ3) is 2.94. The second kappa shape index (κ2) is 5.66. The highest BCUT2D eigenvalue weighted by Gasteiger charge is 2.29. The quantitative estimate of drug-likeness (QED) is 0.689. The Bertz CT molecular complexity index is 673. The van der Waals surface area contributed by atoms with Crippen LogP contribution in [0.1, 0.15) is 10.4 Å². The molecule has 9 heteroatoms. The van der Waals surface area contributed by atoms with Crippen molar-refractivity contribution in [2.75, 3.05) is 19.6 Å². The van der Waals surface area contributed by atoms with E-state index in [0.29, 0.717) is 3.57 Å². The van der Waals surface area contributed by atoms with Crippen molar-refractivity contribution in [3.8, 4) is 0 Å². The van der Waals surface area contributed by atoms with Crippen LogP contribution in [0.2, 0.25) is 0 Å². The van der Waals surface area contributed by atoms with Crippen molar-refractivity contribution < 1.29 is 23.1 Å². The van der Waals surface area contributed by atoms with Crippen LogP contribution in [-0.2, 0) is 14.8 Å². The molecule has 1 aliphatic rings. The Labute approximate surface area is 129 Å². The van der Waals surface area contributed by atoms with Gasteiger partial charge in [0.15, 0.2) is 0 Å². The smallest absolute Gasteiger partial charge is 0.336 e. The minimum Gasteiger partial charge on any atom is -0.478 e. The fourth-order valence-electron chi connectivity index (χ4n) is 1.80. The van der Waals surface area contributed by atoms with Gasteiger partial charge in [-0.3, -0.25) is 4.79 Å². The largest absolute Gasteiger partial charge is 0.478 e. The highest BCUT2D eigenvalue weighted by molar-refractivity contribution is 14.1. The van der Waals surface area contributed by atoms with E-state index in [1.807, 2.05) is 22.6 Å². The van der Waals surface area contributed by atoms with E-state index in [4.69, 9.17) is 5.11 Å². The normalized spacial score (nSPS) is 16.8. The van der Waals surface area contributed by atoms with Gasteiger partial charge in [-0.25, -0.2) is 13.2 Å². The summed E-state index contributed by atoms with van der Waals surface area (Å²) in [4.78, 5) is 22.2. The zero-order valence-corrected chi connectivity index (χ0v) is 13.1. The molecule has 0 bridgehead atoms. The Balaban J connectivity index is 2.41. The predicted octanol–water partition coefficient (Wildman–Crippen LogP) is 0.110. The lowest BCUT2D eigenvalue weighted by Gasteiger charge is -2.26. The Hall–Kier alpha value is -1.20. The average molecular weight is 410 g/mol. The fourth-order valence-corrected chi connectivity index (χ4v) is 3.79. The first kappa shape index (κ1) is 15.2. The van der Waals surface area contributed by atoms with Crippen molar-refractivity contribution in [3.63, 3.8) is 0 Å². The molecular formula is C11H11IN2O5S. The number of sulfonamides is 1. The number of piperazine rings is 1. The molecule has 0 spiro atoms. The summed E-state index contributed by atoms with van der Waals surface area (Å²) < 4.78 is 26.2. The molecule has 1 aliphatic heterocycles. The lowest BCUT2D eigenvalue weighted by Crippen LogP contribution is -2.49. The molecule has 1 heterocycles. The van der Waals surface area contributed by atoms with E-state index in [-0.39, 0.29) is 36.0 Å². The van der Waals surface area contributed by atoms with Gasteiger partial charge in [0.25, 0.3) is 0 Å². The van der Waals surface area contributed by atoms with Crippen LogP contribution in [-0.4, -0.2) is 49.3 Å². The number of hydrogen-bond donors (Lipinski definition) is 2. The number of carbonyl (C=O) groups is 2. The van der Waals surface area contributed by atoms with Gasteiger partial charge in [0, 0.05) is 16.7 Å². The van der Waals surface area contributed by atoms with Crippen molar-refractivity contribution in [2.45, 2.75) is 4.90 Å². The standard InChI is InChI=1S/C11H11IN2O5S/c12-9-2-1-7(5-8(9)11(16)17)20(18,19)14-4-3-13-10(15)6-14/h1-2,5H,3-4,6H2,(H,13,15)(H,16,17). The number of nitrogens with zero attached hydrogens (tertiary/aromatic N) is 1. The molecule has 0 saturated carbocycles. The maximum atomic E-state index is 12.4. The summed E-state index contributed by atoms with van der Waals surface area (Å²) in [6.07, 6.45) is 0. The molecule has 2 rings (SSSR count). The second-order valence-electron chi connectivity index (χ2n) is 4.14. The number of benzene rings is 1. The van der Waals surface area contributed by atoms with Crippen LogP contribution in [0.3, 0.4) is 0 Å². The Morgan fingerprint density at radius 1 is 1.40 bits per heavy atom. The van der Waals surface area contributed by atoms with Gasteiger partial charge in [-0.1, -0.05) is 0 Å². The molecule has 1 fully saturated rings. The molecule has 0 aliphatic carbocycles. The molecule has 7 nitrogen and oxygen atoms in total. The molecule has 2 N–H and O–H groups in total. The highest BCUT2D eigenvalue weighted by atomic mass is 127. The Morgan fingerprint density at radius 2 is 2.10 bits per heavy atom. The summed E-state index contributed by atoms with van der Waals surface area (Å²) in [5, 5.41) is 11.6. The fraction of sp³-hybridized carbons (Fsp3) is 0.273. The number of carboxylic acid groups (broad SMARTS) is 1. The first-order chi connectivity index (χ1) is 9.32. The number of rotatable bonds is 3. The molecule has 108 valence electrons. The monoisotopic (exact) mass is 410 g/mol.